The van der Waals surface area contributed by atoms with Gasteiger partial charge in [0, 0.05) is 44.6 Å². The van der Waals surface area contributed by atoms with E-state index in [-0.39, 0.29) is 29.0 Å². The molecular formula is C30H39NO3. The Morgan fingerprint density at radius 2 is 1.82 bits per heavy atom. The van der Waals surface area contributed by atoms with E-state index in [9.17, 15) is 9.59 Å². The van der Waals surface area contributed by atoms with Crippen LogP contribution in [0, 0.1) is 22.7 Å². The van der Waals surface area contributed by atoms with Gasteiger partial charge in [0.05, 0.1) is 0 Å². The molecule has 0 radical (unpaired) electrons. The van der Waals surface area contributed by atoms with Gasteiger partial charge in [0.25, 0.3) is 0 Å². The first-order chi connectivity index (χ1) is 16.2. The molecule has 2 fully saturated rings. The molecule has 4 aliphatic rings. The largest absolute Gasteiger partial charge is 0.378 e. The number of allylic oxidation sites excluding steroid dienone is 4. The fourth-order valence-electron chi connectivity index (χ4n) is 7.96. The summed E-state index contributed by atoms with van der Waals surface area (Å²) in [7, 11) is 5.78. The lowest BCUT2D eigenvalue weighted by molar-refractivity contribution is -0.140. The van der Waals surface area contributed by atoms with Gasteiger partial charge in [0.2, 0.25) is 0 Å². The van der Waals surface area contributed by atoms with Gasteiger partial charge >= 0.3 is 0 Å². The summed E-state index contributed by atoms with van der Waals surface area (Å²) < 4.78 is 5.34. The predicted octanol–water partition coefficient (Wildman–Crippen LogP) is 5.87. The van der Waals surface area contributed by atoms with Crippen molar-refractivity contribution in [2.24, 2.45) is 22.7 Å². The number of benzene rings is 1. The summed E-state index contributed by atoms with van der Waals surface area (Å²) in [4.78, 5) is 27.8. The topological polar surface area (TPSA) is 46.6 Å². The van der Waals surface area contributed by atoms with E-state index in [0.29, 0.717) is 24.2 Å². The van der Waals surface area contributed by atoms with Crippen molar-refractivity contribution in [1.29, 1.82) is 0 Å². The zero-order valence-corrected chi connectivity index (χ0v) is 21.4. The van der Waals surface area contributed by atoms with Gasteiger partial charge in [-0.3, -0.25) is 9.59 Å². The van der Waals surface area contributed by atoms with Crippen molar-refractivity contribution in [3.8, 4) is 0 Å². The molecule has 1 aromatic rings. The van der Waals surface area contributed by atoms with Crippen LogP contribution in [0.4, 0.5) is 5.69 Å². The van der Waals surface area contributed by atoms with E-state index in [4.69, 9.17) is 4.74 Å². The molecule has 5 unspecified atom stereocenters. The highest BCUT2D eigenvalue weighted by Crippen LogP contribution is 2.69. The number of anilines is 1. The number of ether oxygens (including phenoxy) is 1. The molecule has 0 bridgehead atoms. The van der Waals surface area contributed by atoms with Crippen LogP contribution < -0.4 is 4.90 Å². The van der Waals surface area contributed by atoms with Crippen molar-refractivity contribution in [1.82, 2.24) is 0 Å². The quantitative estimate of drug-likeness (QED) is 0.550. The van der Waals surface area contributed by atoms with Crippen LogP contribution >= 0.6 is 0 Å². The first-order valence-corrected chi connectivity index (χ1v) is 13.0. The second-order valence-electron chi connectivity index (χ2n) is 11.7. The molecule has 0 saturated heterocycles. The Balaban J connectivity index is 1.65. The molecule has 5 atom stereocenters. The van der Waals surface area contributed by atoms with Crippen molar-refractivity contribution in [2.75, 3.05) is 32.7 Å². The van der Waals surface area contributed by atoms with Gasteiger partial charge in [-0.2, -0.15) is 0 Å². The van der Waals surface area contributed by atoms with Gasteiger partial charge in [-0.25, -0.2) is 0 Å². The van der Waals surface area contributed by atoms with Gasteiger partial charge in [-0.15, -0.1) is 0 Å². The van der Waals surface area contributed by atoms with Crippen LogP contribution in [0.5, 0.6) is 0 Å². The maximum Gasteiger partial charge on any atom is 0.164 e. The molecule has 0 aromatic heterocycles. The van der Waals surface area contributed by atoms with Gasteiger partial charge in [-0.1, -0.05) is 31.6 Å². The summed E-state index contributed by atoms with van der Waals surface area (Å²) in [6.45, 7) is 4.82. The average Bonchev–Trinajstić information content (AvgIpc) is 3.10. The normalized spacial score (nSPS) is 34.8. The number of fused-ring (bicyclic) bond motifs is 4. The molecule has 0 spiro atoms. The van der Waals surface area contributed by atoms with E-state index in [1.165, 1.54) is 22.4 Å². The summed E-state index contributed by atoms with van der Waals surface area (Å²) in [6.07, 6.45) is 8.58. The number of Topliss-reactive ketones (excluding diaryl/α,β-unsaturated/α-hetero) is 1. The summed E-state index contributed by atoms with van der Waals surface area (Å²) >= 11 is 0. The molecule has 0 aliphatic heterocycles. The molecule has 4 heteroatoms. The fraction of sp³-hybridized carbons (Fsp3) is 0.600. The highest BCUT2D eigenvalue weighted by molar-refractivity contribution is 5.93. The molecule has 4 aliphatic carbocycles. The highest BCUT2D eigenvalue weighted by Gasteiger charge is 2.63. The van der Waals surface area contributed by atoms with Crippen molar-refractivity contribution >= 4 is 17.3 Å². The first kappa shape index (κ1) is 23.5. The van der Waals surface area contributed by atoms with Crippen LogP contribution in [0.3, 0.4) is 0 Å². The van der Waals surface area contributed by atoms with Crippen molar-refractivity contribution in [2.45, 2.75) is 64.7 Å². The smallest absolute Gasteiger partial charge is 0.164 e. The Hall–Kier alpha value is -2.20. The molecular weight excluding hydrogens is 422 g/mol. The number of hydrogen-bond donors (Lipinski definition) is 0. The Bertz CT molecular complexity index is 1070. The summed E-state index contributed by atoms with van der Waals surface area (Å²) in [5, 5.41) is 0. The predicted molar refractivity (Wildman–Crippen MR) is 136 cm³/mol. The number of nitrogens with zero attached hydrogens (tertiary/aromatic N) is 1. The Labute approximate surface area is 204 Å². The second-order valence-corrected chi connectivity index (χ2v) is 11.7. The first-order valence-electron chi connectivity index (χ1n) is 13.0. The molecule has 5 rings (SSSR count). The zero-order valence-electron chi connectivity index (χ0n) is 21.4. The molecule has 1 aromatic carbocycles. The zero-order chi connectivity index (χ0) is 24.3. The van der Waals surface area contributed by atoms with Gasteiger partial charge in [0.1, 0.15) is 6.61 Å². The van der Waals surface area contributed by atoms with E-state index in [0.717, 1.165) is 38.5 Å². The van der Waals surface area contributed by atoms with Crippen molar-refractivity contribution in [3.63, 3.8) is 0 Å². The monoisotopic (exact) mass is 461 g/mol. The molecule has 182 valence electrons. The lowest BCUT2D eigenvalue weighted by atomic mass is 9.48. The minimum absolute atomic E-state index is 0.0616. The second kappa shape index (κ2) is 8.48. The van der Waals surface area contributed by atoms with Gasteiger partial charge < -0.3 is 9.64 Å². The third-order valence-corrected chi connectivity index (χ3v) is 10.0. The molecule has 0 amide bonds. The maximum absolute atomic E-state index is 13.4. The molecule has 4 nitrogen and oxygen atoms in total. The lowest BCUT2D eigenvalue weighted by Gasteiger charge is -2.55. The van der Waals surface area contributed by atoms with E-state index in [1.807, 2.05) is 6.08 Å². The Kier molecular flexibility index (Phi) is 5.87. The van der Waals surface area contributed by atoms with Crippen molar-refractivity contribution in [3.05, 3.63) is 52.6 Å². The summed E-state index contributed by atoms with van der Waals surface area (Å²) in [6, 6.07) is 9.03. The summed E-state index contributed by atoms with van der Waals surface area (Å²) in [5.74, 6) is 1.84. The molecule has 34 heavy (non-hydrogen) atoms. The number of carbonyl (C=O) groups excluding carboxylic acids is 2. The van der Waals surface area contributed by atoms with Crippen LogP contribution in [0.1, 0.15) is 70.3 Å². The van der Waals surface area contributed by atoms with Crippen LogP contribution in [-0.4, -0.2) is 39.4 Å². The van der Waals surface area contributed by atoms with Gasteiger partial charge in [-0.05, 0) is 90.7 Å². The number of carbonyl (C=O) groups is 2. The fourth-order valence-corrected chi connectivity index (χ4v) is 7.96. The lowest BCUT2D eigenvalue weighted by Crippen LogP contribution is -2.50. The van der Waals surface area contributed by atoms with Crippen LogP contribution in [-0.2, 0) is 14.3 Å². The SMILES string of the molecule is COCC(=O)C1(C)CCC2C3CCC4=CC(=O)CCC4=C3C(c3ccc(N(C)C)cc3)CC21C. The van der Waals surface area contributed by atoms with Crippen LogP contribution in [0.2, 0.25) is 0 Å². The van der Waals surface area contributed by atoms with Crippen LogP contribution in [0.15, 0.2) is 47.1 Å². The third kappa shape index (κ3) is 3.44. The van der Waals surface area contributed by atoms with E-state index in [2.05, 4.69) is 57.1 Å². The molecule has 0 N–H and O–H groups in total. The minimum atomic E-state index is -0.357. The van der Waals surface area contributed by atoms with E-state index >= 15 is 0 Å². The maximum atomic E-state index is 13.4. The number of hydrogen-bond acceptors (Lipinski definition) is 4. The van der Waals surface area contributed by atoms with E-state index in [1.54, 1.807) is 12.7 Å². The van der Waals surface area contributed by atoms with E-state index < -0.39 is 0 Å². The van der Waals surface area contributed by atoms with Crippen LogP contribution in [0.25, 0.3) is 0 Å². The Morgan fingerprint density at radius 3 is 2.50 bits per heavy atom. The standard InChI is InChI=1S/C30H39NO3/c1-29(27(33)18-34-5)15-14-26-24-12-8-20-16-22(32)11-13-23(20)28(24)25(17-30(26,29)2)19-6-9-21(10-7-19)31(3)4/h6-7,9-10,16,24-26H,8,11-15,17-18H2,1-5H3. The number of rotatable bonds is 5. The highest BCUT2D eigenvalue weighted by atomic mass is 16.5. The number of ketones is 2. The number of methoxy groups -OCH3 is 1. The average molecular weight is 462 g/mol. The van der Waals surface area contributed by atoms with Gasteiger partial charge in [0.15, 0.2) is 11.6 Å². The summed E-state index contributed by atoms with van der Waals surface area (Å²) in [5.41, 5.74) is 6.48. The third-order valence-electron chi connectivity index (χ3n) is 10.0. The Morgan fingerprint density at radius 1 is 1.09 bits per heavy atom. The molecule has 0 heterocycles. The minimum Gasteiger partial charge on any atom is -0.378 e. The molecule has 2 saturated carbocycles. The van der Waals surface area contributed by atoms with Crippen molar-refractivity contribution < 1.29 is 14.3 Å².